The van der Waals surface area contributed by atoms with Crippen molar-refractivity contribution in [3.05, 3.63) is 44.9 Å². The van der Waals surface area contributed by atoms with Gasteiger partial charge in [-0.15, -0.1) is 11.3 Å². The van der Waals surface area contributed by atoms with E-state index in [1.54, 1.807) is 6.92 Å². The molecule has 0 unspecified atom stereocenters. The van der Waals surface area contributed by atoms with Crippen LogP contribution >= 0.6 is 11.3 Å². The number of amides is 1. The number of thiophene rings is 1. The first-order chi connectivity index (χ1) is 16.9. The average molecular weight is 523 g/mol. The number of carbonyl (C=O) groups is 2. The van der Waals surface area contributed by atoms with Crippen LogP contribution in [0.4, 0.5) is 24.7 Å². The van der Waals surface area contributed by atoms with E-state index in [2.05, 4.69) is 20.6 Å². The van der Waals surface area contributed by atoms with Crippen LogP contribution in [0.15, 0.2) is 23.3 Å². The summed E-state index contributed by atoms with van der Waals surface area (Å²) in [5, 5.41) is 16.2. The third-order valence-corrected chi connectivity index (χ3v) is 7.80. The average Bonchev–Trinajstić information content (AvgIpc) is 3.38. The van der Waals surface area contributed by atoms with Gasteiger partial charge in [0.25, 0.3) is 11.5 Å². The van der Waals surface area contributed by atoms with E-state index in [-0.39, 0.29) is 34.9 Å². The molecule has 10 nitrogen and oxygen atoms in total. The SMILES string of the molecule is COC(=O)c1cc2c(Nc3cc(C)c4n(c3=O)C3(CCC(O)(C(F)(F)F)CC3)NC4=O)ncnc2s1. The van der Waals surface area contributed by atoms with Crippen LogP contribution < -0.4 is 16.2 Å². The zero-order chi connectivity index (χ0) is 26.0. The highest BCUT2D eigenvalue weighted by Gasteiger charge is 2.59. The predicted molar refractivity (Wildman–Crippen MR) is 122 cm³/mol. The summed E-state index contributed by atoms with van der Waals surface area (Å²) in [5.74, 6) is -0.900. The molecule has 190 valence electrons. The van der Waals surface area contributed by atoms with Gasteiger partial charge >= 0.3 is 12.1 Å². The standard InChI is InChI=1S/C22H20F3N5O5S/c1-10-7-12(28-15-11-8-13(19(33)35-2)36-17(11)27-9-26-15)18(32)30-14(10)16(31)29-21(30)5-3-20(34,4-6-21)22(23,24)25/h7-9,34H,3-6H2,1-2H3,(H,29,31)(H,26,27,28). The van der Waals surface area contributed by atoms with Gasteiger partial charge in [0.1, 0.15) is 38.9 Å². The van der Waals surface area contributed by atoms with Crippen LogP contribution in [0.1, 0.15) is 51.4 Å². The molecule has 2 aliphatic rings. The molecule has 1 saturated carbocycles. The van der Waals surface area contributed by atoms with E-state index in [1.807, 2.05) is 0 Å². The van der Waals surface area contributed by atoms with Crippen LogP contribution in [-0.4, -0.2) is 50.4 Å². The molecule has 3 aromatic heterocycles. The van der Waals surface area contributed by atoms with Crippen molar-refractivity contribution in [1.29, 1.82) is 0 Å². The Kier molecular flexibility index (Phi) is 5.37. The van der Waals surface area contributed by atoms with Gasteiger partial charge in [0, 0.05) is 0 Å². The Hall–Kier alpha value is -3.52. The summed E-state index contributed by atoms with van der Waals surface area (Å²) in [6.45, 7) is 1.61. The Morgan fingerprint density at radius 2 is 1.92 bits per heavy atom. The number of halogens is 3. The fourth-order valence-electron chi connectivity index (χ4n) is 4.84. The molecule has 4 heterocycles. The fourth-order valence-corrected chi connectivity index (χ4v) is 5.76. The number of esters is 1. The zero-order valence-electron chi connectivity index (χ0n) is 19.0. The first-order valence-electron chi connectivity index (χ1n) is 10.9. The van der Waals surface area contributed by atoms with Gasteiger partial charge in [-0.1, -0.05) is 0 Å². The van der Waals surface area contributed by atoms with Crippen molar-refractivity contribution in [2.24, 2.45) is 0 Å². The summed E-state index contributed by atoms with van der Waals surface area (Å²) in [7, 11) is 1.25. The third-order valence-electron chi connectivity index (χ3n) is 6.78. The largest absolute Gasteiger partial charge is 0.465 e. The highest BCUT2D eigenvalue weighted by atomic mass is 32.1. The van der Waals surface area contributed by atoms with E-state index in [0.717, 1.165) is 11.3 Å². The van der Waals surface area contributed by atoms with E-state index in [9.17, 15) is 32.7 Å². The van der Waals surface area contributed by atoms with Gasteiger partial charge in [0.05, 0.1) is 12.5 Å². The van der Waals surface area contributed by atoms with Gasteiger partial charge in [-0.3, -0.25) is 14.2 Å². The molecule has 3 aromatic rings. The summed E-state index contributed by atoms with van der Waals surface area (Å²) < 4.78 is 46.0. The maximum atomic E-state index is 13.6. The Balaban J connectivity index is 1.56. The minimum absolute atomic E-state index is 0.0367. The molecular formula is C22H20F3N5O5S. The molecule has 5 rings (SSSR count). The van der Waals surface area contributed by atoms with Crippen LogP contribution in [0.3, 0.4) is 0 Å². The van der Waals surface area contributed by atoms with Crippen LogP contribution in [-0.2, 0) is 10.4 Å². The lowest BCUT2D eigenvalue weighted by Gasteiger charge is -2.43. The third kappa shape index (κ3) is 3.54. The molecule has 36 heavy (non-hydrogen) atoms. The van der Waals surface area contributed by atoms with Gasteiger partial charge in [-0.05, 0) is 50.3 Å². The molecule has 1 fully saturated rings. The molecule has 1 aliphatic carbocycles. The lowest BCUT2D eigenvalue weighted by molar-refractivity contribution is -0.275. The lowest BCUT2D eigenvalue weighted by Crippen LogP contribution is -2.57. The molecule has 1 spiro atoms. The number of aliphatic hydroxyl groups is 1. The number of aryl methyl sites for hydroxylation is 1. The number of pyridine rings is 1. The van der Waals surface area contributed by atoms with Gasteiger partial charge in [0.2, 0.25) is 0 Å². The number of alkyl halides is 3. The van der Waals surface area contributed by atoms with Crippen molar-refractivity contribution in [3.8, 4) is 0 Å². The maximum Gasteiger partial charge on any atom is 0.417 e. The molecule has 1 aliphatic heterocycles. The Labute approximate surface area is 205 Å². The summed E-state index contributed by atoms with van der Waals surface area (Å²) >= 11 is 1.08. The fraction of sp³-hybridized carbons (Fsp3) is 0.409. The maximum absolute atomic E-state index is 13.6. The zero-order valence-corrected chi connectivity index (χ0v) is 19.8. The second-order valence-electron chi connectivity index (χ2n) is 8.91. The molecule has 0 bridgehead atoms. The van der Waals surface area contributed by atoms with E-state index >= 15 is 0 Å². The molecule has 0 aromatic carbocycles. The van der Waals surface area contributed by atoms with Crippen molar-refractivity contribution in [2.75, 3.05) is 12.4 Å². The van der Waals surface area contributed by atoms with E-state index in [0.29, 0.717) is 15.8 Å². The number of ether oxygens (including phenoxy) is 1. The van der Waals surface area contributed by atoms with Crippen LogP contribution in [0.25, 0.3) is 10.2 Å². The normalized spacial score (nSPS) is 23.6. The number of hydrogen-bond donors (Lipinski definition) is 3. The van der Waals surface area contributed by atoms with Crippen LogP contribution in [0, 0.1) is 6.92 Å². The first kappa shape index (κ1) is 24.2. The van der Waals surface area contributed by atoms with Gasteiger partial charge < -0.3 is 20.5 Å². The van der Waals surface area contributed by atoms with E-state index < -0.39 is 47.7 Å². The molecule has 3 N–H and O–H groups in total. The molecule has 0 radical (unpaired) electrons. The number of rotatable bonds is 3. The second kappa shape index (κ2) is 8.00. The minimum atomic E-state index is -4.83. The Morgan fingerprint density at radius 1 is 1.22 bits per heavy atom. The summed E-state index contributed by atoms with van der Waals surface area (Å²) in [5.41, 5.74) is -4.40. The van der Waals surface area contributed by atoms with Crippen molar-refractivity contribution in [3.63, 3.8) is 0 Å². The summed E-state index contributed by atoms with van der Waals surface area (Å²) in [4.78, 5) is 47.4. The molecule has 14 heteroatoms. The highest BCUT2D eigenvalue weighted by molar-refractivity contribution is 7.20. The van der Waals surface area contributed by atoms with Gasteiger partial charge in [-0.25, -0.2) is 14.8 Å². The number of hydrogen-bond acceptors (Lipinski definition) is 9. The molecular weight excluding hydrogens is 503 g/mol. The van der Waals surface area contributed by atoms with Crippen molar-refractivity contribution < 1.29 is 32.6 Å². The number of aromatic nitrogens is 3. The predicted octanol–water partition coefficient (Wildman–Crippen LogP) is 2.96. The van der Waals surface area contributed by atoms with E-state index in [1.165, 1.54) is 30.1 Å². The number of anilines is 2. The summed E-state index contributed by atoms with van der Waals surface area (Å²) in [6, 6.07) is 2.99. The first-order valence-corrected chi connectivity index (χ1v) is 11.7. The topological polar surface area (TPSA) is 135 Å². The number of nitrogens with one attached hydrogen (secondary N) is 2. The second-order valence-corrected chi connectivity index (χ2v) is 9.94. The number of methoxy groups -OCH3 is 1. The Morgan fingerprint density at radius 3 is 2.56 bits per heavy atom. The smallest absolute Gasteiger partial charge is 0.417 e. The lowest BCUT2D eigenvalue weighted by atomic mass is 9.78. The number of carbonyl (C=O) groups excluding carboxylic acids is 2. The quantitative estimate of drug-likeness (QED) is 0.446. The summed E-state index contributed by atoms with van der Waals surface area (Å²) in [6.07, 6.45) is -5.48. The van der Waals surface area contributed by atoms with E-state index in [4.69, 9.17) is 4.74 Å². The monoisotopic (exact) mass is 523 g/mol. The minimum Gasteiger partial charge on any atom is -0.465 e. The van der Waals surface area contributed by atoms with Crippen molar-refractivity contribution >= 4 is 44.9 Å². The van der Waals surface area contributed by atoms with Crippen molar-refractivity contribution in [1.82, 2.24) is 19.9 Å². The number of fused-ring (bicyclic) bond motifs is 3. The van der Waals surface area contributed by atoms with Crippen LogP contribution in [0.2, 0.25) is 0 Å². The molecule has 1 amide bonds. The van der Waals surface area contributed by atoms with Crippen LogP contribution in [0.5, 0.6) is 0 Å². The van der Waals surface area contributed by atoms with Gasteiger partial charge in [-0.2, -0.15) is 13.2 Å². The molecule has 0 saturated heterocycles. The number of nitrogens with zero attached hydrogens (tertiary/aromatic N) is 3. The highest BCUT2D eigenvalue weighted by Crippen LogP contribution is 2.47. The Bertz CT molecular complexity index is 1470. The van der Waals surface area contributed by atoms with Crippen molar-refractivity contribution in [2.45, 2.75) is 50.0 Å². The molecule has 0 atom stereocenters. The van der Waals surface area contributed by atoms with Gasteiger partial charge in [0.15, 0.2) is 5.60 Å².